The van der Waals surface area contributed by atoms with Gasteiger partial charge in [0.25, 0.3) is 0 Å². The number of carbonyl (C=O) groups is 1. The molecule has 3 saturated carbocycles. The molecule has 0 aromatic carbocycles. The maximum Gasteiger partial charge on any atom is 0.302 e. The van der Waals surface area contributed by atoms with Crippen molar-refractivity contribution in [1.82, 2.24) is 0 Å². The molecule has 1 N–H and O–H groups in total. The van der Waals surface area contributed by atoms with Gasteiger partial charge < -0.3 is 9.84 Å². The van der Waals surface area contributed by atoms with Crippen LogP contribution in [-0.4, -0.2) is 23.3 Å². The first-order chi connectivity index (χ1) is 6.85. The molecule has 0 spiro atoms. The third-order valence-electron chi connectivity index (χ3n) is 4.09. The van der Waals surface area contributed by atoms with Crippen molar-refractivity contribution in [1.29, 1.82) is 0 Å². The Morgan fingerprint density at radius 2 is 2.20 bits per heavy atom. The van der Waals surface area contributed by atoms with Gasteiger partial charge in [-0.3, -0.25) is 4.79 Å². The van der Waals surface area contributed by atoms with E-state index in [0.717, 1.165) is 5.57 Å². The highest BCUT2D eigenvalue weighted by Gasteiger charge is 2.63. The van der Waals surface area contributed by atoms with Crippen LogP contribution in [0.1, 0.15) is 27.2 Å². The Bertz CT molecular complexity index is 319. The maximum atomic E-state index is 11.0. The zero-order valence-corrected chi connectivity index (χ0v) is 9.49. The van der Waals surface area contributed by atoms with Gasteiger partial charge in [-0.15, -0.1) is 0 Å². The fraction of sp³-hybridized carbons (Fsp3) is 0.750. The lowest BCUT2D eigenvalue weighted by Gasteiger charge is -2.62. The topological polar surface area (TPSA) is 46.5 Å². The highest BCUT2D eigenvalue weighted by molar-refractivity contribution is 5.66. The van der Waals surface area contributed by atoms with Crippen LogP contribution < -0.4 is 0 Å². The Morgan fingerprint density at radius 3 is 2.67 bits per heavy atom. The lowest BCUT2D eigenvalue weighted by Crippen LogP contribution is -2.65. The Hall–Kier alpha value is -0.830. The molecule has 84 valence electrons. The summed E-state index contributed by atoms with van der Waals surface area (Å²) in [6.45, 7) is 9.66. The number of carbonyl (C=O) groups excluding carboxylic acids is 1. The van der Waals surface area contributed by atoms with E-state index in [1.54, 1.807) is 0 Å². The van der Waals surface area contributed by atoms with Crippen LogP contribution in [0.25, 0.3) is 0 Å². The number of hydrogen-bond donors (Lipinski definition) is 1. The van der Waals surface area contributed by atoms with Gasteiger partial charge in [-0.05, 0) is 17.4 Å². The minimum absolute atomic E-state index is 0.0617. The van der Waals surface area contributed by atoms with Crippen LogP contribution >= 0.6 is 0 Å². The van der Waals surface area contributed by atoms with Crippen molar-refractivity contribution in [3.8, 4) is 0 Å². The van der Waals surface area contributed by atoms with Gasteiger partial charge in [0.1, 0.15) is 6.10 Å². The summed E-state index contributed by atoms with van der Waals surface area (Å²) in [4.78, 5) is 11.0. The SMILES string of the molecule is C=C1[C@@H]2[C@@H](OC(C)=O)[C@H](C[C@@H]1O)C2(C)C. The molecule has 0 radical (unpaired) electrons. The number of rotatable bonds is 1. The molecule has 3 heteroatoms. The van der Waals surface area contributed by atoms with E-state index in [4.69, 9.17) is 4.74 Å². The lowest BCUT2D eigenvalue weighted by atomic mass is 9.45. The molecule has 0 aromatic heterocycles. The van der Waals surface area contributed by atoms with Crippen molar-refractivity contribution in [2.45, 2.75) is 39.4 Å². The Morgan fingerprint density at radius 1 is 1.60 bits per heavy atom. The van der Waals surface area contributed by atoms with Crippen LogP contribution in [0, 0.1) is 17.3 Å². The average molecular weight is 210 g/mol. The molecule has 4 atom stereocenters. The molecular weight excluding hydrogens is 192 g/mol. The Labute approximate surface area is 90.1 Å². The van der Waals surface area contributed by atoms with Crippen molar-refractivity contribution in [2.24, 2.45) is 17.3 Å². The predicted molar refractivity (Wildman–Crippen MR) is 56.1 cm³/mol. The standard InChI is InChI=1S/C12H18O3/c1-6-9(14)5-8-11(15-7(2)13)10(6)12(8,3)4/h8-11,14H,1,5H2,2-4H3/t8-,9-,10+,11-/m0/s1. The molecule has 3 fully saturated rings. The molecule has 0 amide bonds. The summed E-state index contributed by atoms with van der Waals surface area (Å²) in [5.74, 6) is 0.150. The number of esters is 1. The predicted octanol–water partition coefficient (Wildman–Crippen LogP) is 1.51. The van der Waals surface area contributed by atoms with Gasteiger partial charge in [0.05, 0.1) is 6.10 Å². The minimum Gasteiger partial charge on any atom is -0.462 e. The maximum absolute atomic E-state index is 11.0. The van der Waals surface area contributed by atoms with E-state index in [0.29, 0.717) is 6.42 Å². The molecule has 0 saturated heterocycles. The third-order valence-corrected chi connectivity index (χ3v) is 4.09. The smallest absolute Gasteiger partial charge is 0.302 e. The number of aliphatic hydroxyl groups excluding tert-OH is 1. The molecule has 2 bridgehead atoms. The number of hydrogen-bond acceptors (Lipinski definition) is 3. The summed E-state index contributed by atoms with van der Waals surface area (Å²) in [6.07, 6.45) is 0.188. The first kappa shape index (κ1) is 10.7. The zero-order valence-electron chi connectivity index (χ0n) is 9.49. The number of fused-ring (bicyclic) bond motifs is 2. The molecule has 0 aromatic rings. The van der Waals surface area contributed by atoms with Crippen LogP contribution in [0.4, 0.5) is 0 Å². The average Bonchev–Trinajstić information content (AvgIpc) is 2.09. The highest BCUT2D eigenvalue weighted by atomic mass is 16.5. The second kappa shape index (κ2) is 3.08. The van der Waals surface area contributed by atoms with E-state index in [1.807, 2.05) is 0 Å². The van der Waals surface area contributed by atoms with E-state index in [1.165, 1.54) is 6.92 Å². The summed E-state index contributed by atoms with van der Waals surface area (Å²) in [5, 5.41) is 9.72. The van der Waals surface area contributed by atoms with Crippen molar-refractivity contribution in [2.75, 3.05) is 0 Å². The van der Waals surface area contributed by atoms with Crippen LogP contribution in [0.3, 0.4) is 0 Å². The quantitative estimate of drug-likeness (QED) is 0.527. The summed E-state index contributed by atoms with van der Waals surface area (Å²) < 4.78 is 5.30. The van der Waals surface area contributed by atoms with Gasteiger partial charge in [-0.2, -0.15) is 0 Å². The molecule has 3 rings (SSSR count). The molecule has 3 aliphatic rings. The Balaban J connectivity index is 2.20. The monoisotopic (exact) mass is 210 g/mol. The highest BCUT2D eigenvalue weighted by Crippen LogP contribution is 2.61. The number of aliphatic hydroxyl groups is 1. The van der Waals surface area contributed by atoms with Crippen LogP contribution in [0.15, 0.2) is 12.2 Å². The fourth-order valence-corrected chi connectivity index (χ4v) is 3.26. The number of ether oxygens (including phenoxy) is 1. The molecule has 3 aliphatic carbocycles. The molecule has 0 aliphatic heterocycles. The summed E-state index contributed by atoms with van der Waals surface area (Å²) in [7, 11) is 0. The summed E-state index contributed by atoms with van der Waals surface area (Å²) >= 11 is 0. The third kappa shape index (κ3) is 1.33. The van der Waals surface area contributed by atoms with Crippen molar-refractivity contribution in [3.63, 3.8) is 0 Å². The van der Waals surface area contributed by atoms with E-state index in [-0.39, 0.29) is 29.3 Å². The van der Waals surface area contributed by atoms with Gasteiger partial charge in [0, 0.05) is 18.8 Å². The summed E-state index contributed by atoms with van der Waals surface area (Å²) in [5.41, 5.74) is 0.935. The molecular formula is C12H18O3. The van der Waals surface area contributed by atoms with E-state index in [9.17, 15) is 9.90 Å². The largest absolute Gasteiger partial charge is 0.462 e. The van der Waals surface area contributed by atoms with Gasteiger partial charge in [0.15, 0.2) is 0 Å². The first-order valence-electron chi connectivity index (χ1n) is 5.39. The summed E-state index contributed by atoms with van der Waals surface area (Å²) in [6, 6.07) is 0. The van der Waals surface area contributed by atoms with Crippen molar-refractivity contribution in [3.05, 3.63) is 12.2 Å². The second-order valence-corrected chi connectivity index (χ2v) is 5.31. The first-order valence-corrected chi connectivity index (χ1v) is 5.39. The second-order valence-electron chi connectivity index (χ2n) is 5.31. The van der Waals surface area contributed by atoms with Crippen LogP contribution in [0.5, 0.6) is 0 Å². The Kier molecular flexibility index (Phi) is 2.19. The molecule has 15 heavy (non-hydrogen) atoms. The molecule has 3 nitrogen and oxygen atoms in total. The van der Waals surface area contributed by atoms with E-state index < -0.39 is 6.10 Å². The van der Waals surface area contributed by atoms with E-state index >= 15 is 0 Å². The normalized spacial score (nSPS) is 42.0. The molecule has 0 heterocycles. The van der Waals surface area contributed by atoms with Crippen molar-refractivity contribution < 1.29 is 14.6 Å². The van der Waals surface area contributed by atoms with Gasteiger partial charge >= 0.3 is 5.97 Å². The van der Waals surface area contributed by atoms with Gasteiger partial charge in [0.2, 0.25) is 0 Å². The van der Waals surface area contributed by atoms with Crippen LogP contribution in [-0.2, 0) is 9.53 Å². The van der Waals surface area contributed by atoms with Crippen LogP contribution in [0.2, 0.25) is 0 Å². The zero-order chi connectivity index (χ0) is 11.4. The van der Waals surface area contributed by atoms with E-state index in [2.05, 4.69) is 20.4 Å². The van der Waals surface area contributed by atoms with Gasteiger partial charge in [-0.25, -0.2) is 0 Å². The fourth-order valence-electron chi connectivity index (χ4n) is 3.26. The van der Waals surface area contributed by atoms with Crippen molar-refractivity contribution >= 4 is 5.97 Å². The minimum atomic E-state index is -0.417. The lowest BCUT2D eigenvalue weighted by molar-refractivity contribution is -0.207. The molecule has 0 unspecified atom stereocenters. The van der Waals surface area contributed by atoms with Gasteiger partial charge in [-0.1, -0.05) is 20.4 Å².